The minimum Gasteiger partial charge on any atom is -0.471 e. The summed E-state index contributed by atoms with van der Waals surface area (Å²) in [6, 6.07) is -2.40. The Kier molecular flexibility index (Phi) is 10.8. The summed E-state index contributed by atoms with van der Waals surface area (Å²) < 4.78 is 46.8. The second kappa shape index (κ2) is 12.8. The molecule has 0 fully saturated rings. The van der Waals surface area contributed by atoms with Crippen LogP contribution in [0.2, 0.25) is 0 Å². The number of unbranched alkanes of at least 4 members (excludes halogenated alkanes) is 2. The van der Waals surface area contributed by atoms with Crippen LogP contribution in [0.15, 0.2) is 11.8 Å². The van der Waals surface area contributed by atoms with E-state index in [1.54, 1.807) is 0 Å². The van der Waals surface area contributed by atoms with E-state index in [4.69, 9.17) is 15.9 Å². The van der Waals surface area contributed by atoms with Crippen molar-refractivity contribution in [1.82, 2.24) is 15.5 Å². The summed E-state index contributed by atoms with van der Waals surface area (Å²) >= 11 is 0. The smallest absolute Gasteiger partial charge is 0.471 e. The standard InChI is InChI=1S/C20H30F3N5O6/c1-4-6-8-28(9-7-5-2)16(30)15-14(26-11(3)29)12(27-19(24)25)10-13(33-15)17(31)34-18(32)20(21,22)23/h10,12,14-15H,4-9H2,1-3H3,(H,26,29)(H4,24,25,27)/t12-,14+,15+/m0/s1. The van der Waals surface area contributed by atoms with Gasteiger partial charge in [-0.2, -0.15) is 13.2 Å². The molecule has 0 aromatic carbocycles. The molecule has 0 bridgehead atoms. The first-order valence-electron chi connectivity index (χ1n) is 10.7. The van der Waals surface area contributed by atoms with Crippen LogP contribution in [0.3, 0.4) is 0 Å². The minimum absolute atomic E-state index is 0.336. The number of esters is 2. The maximum atomic E-state index is 13.4. The second-order valence-electron chi connectivity index (χ2n) is 7.59. The molecule has 192 valence electrons. The molecule has 5 N–H and O–H groups in total. The van der Waals surface area contributed by atoms with Crippen molar-refractivity contribution in [2.75, 3.05) is 13.1 Å². The average molecular weight is 493 g/mol. The molecule has 1 aliphatic rings. The van der Waals surface area contributed by atoms with Crippen molar-refractivity contribution in [1.29, 1.82) is 5.41 Å². The topological polar surface area (TPSA) is 164 Å². The summed E-state index contributed by atoms with van der Waals surface area (Å²) in [5.74, 6) is -7.26. The fourth-order valence-corrected chi connectivity index (χ4v) is 3.14. The molecule has 1 aliphatic heterocycles. The summed E-state index contributed by atoms with van der Waals surface area (Å²) in [6.07, 6.45) is -3.31. The summed E-state index contributed by atoms with van der Waals surface area (Å²) in [6.45, 7) is 5.67. The number of rotatable bonds is 10. The van der Waals surface area contributed by atoms with Crippen LogP contribution in [-0.4, -0.2) is 72.1 Å². The number of hydrogen-bond donors (Lipinski definition) is 4. The van der Waals surface area contributed by atoms with Gasteiger partial charge in [0.05, 0.1) is 12.1 Å². The van der Waals surface area contributed by atoms with Crippen molar-refractivity contribution in [3.8, 4) is 0 Å². The second-order valence-corrected chi connectivity index (χ2v) is 7.59. The number of nitrogens with one attached hydrogen (secondary N) is 3. The van der Waals surface area contributed by atoms with E-state index < -0.39 is 59.8 Å². The van der Waals surface area contributed by atoms with Gasteiger partial charge in [0.1, 0.15) is 0 Å². The third kappa shape index (κ3) is 8.56. The summed E-state index contributed by atoms with van der Waals surface area (Å²) in [4.78, 5) is 50.0. The van der Waals surface area contributed by atoms with E-state index in [0.717, 1.165) is 25.8 Å². The molecule has 0 radical (unpaired) electrons. The Balaban J connectivity index is 3.38. The third-order valence-electron chi connectivity index (χ3n) is 4.73. The first-order chi connectivity index (χ1) is 15.8. The van der Waals surface area contributed by atoms with E-state index >= 15 is 0 Å². The monoisotopic (exact) mass is 493 g/mol. The maximum Gasteiger partial charge on any atom is 0.491 e. The molecule has 0 aliphatic carbocycles. The van der Waals surface area contributed by atoms with Gasteiger partial charge in [0, 0.05) is 20.0 Å². The highest BCUT2D eigenvalue weighted by Gasteiger charge is 2.46. The zero-order chi connectivity index (χ0) is 26.1. The van der Waals surface area contributed by atoms with Crippen LogP contribution in [0.1, 0.15) is 46.5 Å². The van der Waals surface area contributed by atoms with Crippen molar-refractivity contribution < 1.29 is 41.8 Å². The predicted octanol–water partition coefficient (Wildman–Crippen LogP) is 0.686. The fourth-order valence-electron chi connectivity index (χ4n) is 3.14. The Bertz CT molecular complexity index is 809. The Morgan fingerprint density at radius 1 is 1.15 bits per heavy atom. The van der Waals surface area contributed by atoms with Crippen molar-refractivity contribution in [2.24, 2.45) is 5.73 Å². The molecule has 1 rings (SSSR count). The van der Waals surface area contributed by atoms with Crippen molar-refractivity contribution >= 4 is 29.7 Å². The Labute approximate surface area is 194 Å². The van der Waals surface area contributed by atoms with Crippen LogP contribution >= 0.6 is 0 Å². The lowest BCUT2D eigenvalue weighted by Gasteiger charge is -2.38. The zero-order valence-corrected chi connectivity index (χ0v) is 19.2. The van der Waals surface area contributed by atoms with E-state index in [-0.39, 0.29) is 0 Å². The Hall–Kier alpha value is -3.32. The third-order valence-corrected chi connectivity index (χ3v) is 4.73. The molecule has 0 aromatic rings. The van der Waals surface area contributed by atoms with Crippen LogP contribution in [-0.2, 0) is 28.7 Å². The number of amides is 2. The molecule has 34 heavy (non-hydrogen) atoms. The lowest BCUT2D eigenvalue weighted by atomic mass is 9.96. The lowest BCUT2D eigenvalue weighted by molar-refractivity contribution is -0.202. The number of carbonyl (C=O) groups is 4. The van der Waals surface area contributed by atoms with Crippen LogP contribution < -0.4 is 16.4 Å². The summed E-state index contributed by atoms with van der Waals surface area (Å²) in [7, 11) is 0. The molecule has 3 atom stereocenters. The van der Waals surface area contributed by atoms with E-state index in [2.05, 4.69) is 15.4 Å². The largest absolute Gasteiger partial charge is 0.491 e. The molecular weight excluding hydrogens is 463 g/mol. The van der Waals surface area contributed by atoms with Crippen LogP contribution in [0.25, 0.3) is 0 Å². The number of carbonyl (C=O) groups excluding carboxylic acids is 4. The minimum atomic E-state index is -5.44. The number of nitrogens with two attached hydrogens (primary N) is 1. The molecule has 0 saturated heterocycles. The van der Waals surface area contributed by atoms with Gasteiger partial charge in [-0.05, 0) is 18.9 Å². The van der Waals surface area contributed by atoms with Gasteiger partial charge in [-0.15, -0.1) is 0 Å². The van der Waals surface area contributed by atoms with Gasteiger partial charge in [0.15, 0.2) is 12.1 Å². The summed E-state index contributed by atoms with van der Waals surface area (Å²) in [5.41, 5.74) is 5.36. The molecule has 0 unspecified atom stereocenters. The number of ether oxygens (including phenoxy) is 2. The van der Waals surface area contributed by atoms with Crippen LogP contribution in [0.4, 0.5) is 13.2 Å². The van der Waals surface area contributed by atoms with Crippen LogP contribution in [0.5, 0.6) is 0 Å². The highest BCUT2D eigenvalue weighted by Crippen LogP contribution is 2.24. The van der Waals surface area contributed by atoms with Gasteiger partial charge >= 0.3 is 18.1 Å². The van der Waals surface area contributed by atoms with Gasteiger partial charge in [0.2, 0.25) is 11.7 Å². The Morgan fingerprint density at radius 3 is 2.15 bits per heavy atom. The number of halogens is 3. The quantitative estimate of drug-likeness (QED) is 0.149. The van der Waals surface area contributed by atoms with E-state index in [1.807, 2.05) is 13.8 Å². The number of alkyl halides is 3. The average Bonchev–Trinajstić information content (AvgIpc) is 2.73. The van der Waals surface area contributed by atoms with Crippen molar-refractivity contribution in [2.45, 2.75) is 70.8 Å². The van der Waals surface area contributed by atoms with Gasteiger partial charge in [-0.25, -0.2) is 9.59 Å². The summed E-state index contributed by atoms with van der Waals surface area (Å²) in [5, 5.41) is 12.4. The van der Waals surface area contributed by atoms with Gasteiger partial charge < -0.3 is 30.7 Å². The molecular formula is C20H30F3N5O6. The molecule has 1 heterocycles. The maximum absolute atomic E-state index is 13.4. The van der Waals surface area contributed by atoms with E-state index in [0.29, 0.717) is 25.9 Å². The zero-order valence-electron chi connectivity index (χ0n) is 19.2. The van der Waals surface area contributed by atoms with E-state index in [9.17, 15) is 32.3 Å². The van der Waals surface area contributed by atoms with Gasteiger partial charge in [-0.1, -0.05) is 26.7 Å². The van der Waals surface area contributed by atoms with E-state index in [1.165, 1.54) is 4.90 Å². The van der Waals surface area contributed by atoms with Crippen molar-refractivity contribution in [3.05, 3.63) is 11.8 Å². The molecule has 0 spiro atoms. The number of nitrogens with zero attached hydrogens (tertiary/aromatic N) is 1. The van der Waals surface area contributed by atoms with Gasteiger partial charge in [0.25, 0.3) is 5.91 Å². The fraction of sp³-hybridized carbons (Fsp3) is 0.650. The first-order valence-corrected chi connectivity index (χ1v) is 10.7. The SMILES string of the molecule is CCCCN(CCCC)C(=O)[C@@H]1OC(C(=O)OC(=O)C(F)(F)F)=C[C@H](NC(=N)N)[C@H]1NC(C)=O. The molecule has 2 amide bonds. The molecule has 0 aromatic heterocycles. The first kappa shape index (κ1) is 28.7. The van der Waals surface area contributed by atoms with Crippen molar-refractivity contribution in [3.63, 3.8) is 0 Å². The molecule has 0 saturated carbocycles. The highest BCUT2D eigenvalue weighted by molar-refractivity contribution is 5.97. The Morgan fingerprint density at radius 2 is 1.71 bits per heavy atom. The highest BCUT2D eigenvalue weighted by atomic mass is 19.4. The van der Waals surface area contributed by atoms with Crippen LogP contribution in [0, 0.1) is 5.41 Å². The predicted molar refractivity (Wildman–Crippen MR) is 113 cm³/mol. The van der Waals surface area contributed by atoms with Gasteiger partial charge in [-0.3, -0.25) is 15.0 Å². The lowest BCUT2D eigenvalue weighted by Crippen LogP contribution is -2.63. The normalized spacial score (nSPS) is 19.8. The molecule has 14 heteroatoms. The number of hydrogen-bond acceptors (Lipinski definition) is 7. The number of guanidine groups is 1. The molecule has 11 nitrogen and oxygen atoms in total.